The smallest absolute Gasteiger partial charge is 0.355 e. The predicted molar refractivity (Wildman–Crippen MR) is 95.2 cm³/mol. The van der Waals surface area contributed by atoms with Gasteiger partial charge in [-0.3, -0.25) is 4.79 Å². The molecule has 2 heterocycles. The molecule has 1 aliphatic rings. The van der Waals surface area contributed by atoms with E-state index in [1.165, 1.54) is 0 Å². The van der Waals surface area contributed by atoms with Crippen molar-refractivity contribution in [2.45, 2.75) is 32.3 Å². The van der Waals surface area contributed by atoms with Crippen LogP contribution in [0, 0.1) is 6.92 Å². The molecule has 0 unspecified atom stereocenters. The molecule has 0 saturated heterocycles. The van der Waals surface area contributed by atoms with E-state index in [4.69, 9.17) is 9.15 Å². The third-order valence-corrected chi connectivity index (χ3v) is 4.85. The molecule has 2 aromatic heterocycles. The Morgan fingerprint density at radius 3 is 2.73 bits per heavy atom. The van der Waals surface area contributed by atoms with Gasteiger partial charge >= 0.3 is 5.97 Å². The van der Waals surface area contributed by atoms with E-state index < -0.39 is 5.97 Å². The molecule has 0 radical (unpaired) electrons. The second-order valence-electron chi connectivity index (χ2n) is 6.58. The summed E-state index contributed by atoms with van der Waals surface area (Å²) < 4.78 is 10.9. The van der Waals surface area contributed by atoms with Gasteiger partial charge in [-0.15, -0.1) is 0 Å². The molecule has 1 atom stereocenters. The number of ketones is 1. The summed E-state index contributed by atoms with van der Waals surface area (Å²) in [5, 5.41) is 0. The Hall–Kier alpha value is -3.08. The fourth-order valence-electron chi connectivity index (χ4n) is 3.56. The fourth-order valence-corrected chi connectivity index (χ4v) is 3.56. The van der Waals surface area contributed by atoms with Crippen LogP contribution in [-0.4, -0.2) is 16.7 Å². The molecule has 1 aliphatic carbocycles. The summed E-state index contributed by atoms with van der Waals surface area (Å²) in [6.45, 7) is 1.99. The molecule has 1 N–H and O–H groups in total. The van der Waals surface area contributed by atoms with Crippen molar-refractivity contribution in [3.63, 3.8) is 0 Å². The molecule has 1 aromatic carbocycles. The topological polar surface area (TPSA) is 72.3 Å². The Bertz CT molecular complexity index is 938. The number of aromatic amines is 1. The number of nitrogens with one attached hydrogen (secondary N) is 1. The Balaban J connectivity index is 1.55. The Labute approximate surface area is 151 Å². The van der Waals surface area contributed by atoms with Gasteiger partial charge in [0.2, 0.25) is 0 Å². The lowest BCUT2D eigenvalue weighted by atomic mass is 9.84. The normalized spacial score (nSPS) is 16.3. The zero-order valence-corrected chi connectivity index (χ0v) is 14.5. The van der Waals surface area contributed by atoms with Gasteiger partial charge < -0.3 is 14.1 Å². The molecule has 0 aliphatic heterocycles. The molecular formula is C21H19NO4. The van der Waals surface area contributed by atoms with E-state index in [0.717, 1.165) is 17.0 Å². The van der Waals surface area contributed by atoms with Crippen LogP contribution in [0.3, 0.4) is 0 Å². The van der Waals surface area contributed by atoms with Crippen LogP contribution in [0.2, 0.25) is 0 Å². The monoisotopic (exact) mass is 349 g/mol. The molecule has 0 bridgehead atoms. The Kier molecular flexibility index (Phi) is 4.21. The number of ether oxygens (including phenoxy) is 1. The highest BCUT2D eigenvalue weighted by Crippen LogP contribution is 2.35. The number of benzene rings is 1. The van der Waals surface area contributed by atoms with E-state index in [2.05, 4.69) is 4.98 Å². The maximum absolute atomic E-state index is 12.6. The van der Waals surface area contributed by atoms with Crippen molar-refractivity contribution in [2.75, 3.05) is 0 Å². The molecule has 0 fully saturated rings. The third-order valence-electron chi connectivity index (χ3n) is 4.85. The van der Waals surface area contributed by atoms with Crippen molar-refractivity contribution < 1.29 is 18.7 Å². The number of Topliss-reactive ketones (excluding diaryl/α,β-unsaturated/α-hetero) is 1. The summed E-state index contributed by atoms with van der Waals surface area (Å²) in [6, 6.07) is 13.2. The summed E-state index contributed by atoms with van der Waals surface area (Å²) in [4.78, 5) is 28.2. The highest BCUT2D eigenvalue weighted by atomic mass is 16.5. The zero-order valence-electron chi connectivity index (χ0n) is 14.5. The molecule has 5 heteroatoms. The number of rotatable bonds is 4. The lowest BCUT2D eigenvalue weighted by Gasteiger charge is -2.19. The minimum atomic E-state index is -0.442. The van der Waals surface area contributed by atoms with Crippen LogP contribution in [0.5, 0.6) is 0 Å². The molecule has 0 spiro atoms. The number of fused-ring (bicyclic) bond motifs is 1. The van der Waals surface area contributed by atoms with Crippen LogP contribution in [0.15, 0.2) is 53.1 Å². The van der Waals surface area contributed by atoms with E-state index in [-0.39, 0.29) is 18.3 Å². The molecule has 26 heavy (non-hydrogen) atoms. The number of H-pyrrole nitrogens is 1. The van der Waals surface area contributed by atoms with E-state index in [1.807, 2.05) is 42.5 Å². The molecular weight excluding hydrogens is 330 g/mol. The molecule has 0 saturated carbocycles. The lowest BCUT2D eigenvalue weighted by molar-refractivity contribution is 0.0465. The van der Waals surface area contributed by atoms with E-state index in [9.17, 15) is 9.59 Å². The van der Waals surface area contributed by atoms with Gasteiger partial charge in [-0.2, -0.15) is 0 Å². The van der Waals surface area contributed by atoms with Crippen LogP contribution in [-0.2, 0) is 17.8 Å². The van der Waals surface area contributed by atoms with Crippen LogP contribution in [0.1, 0.15) is 55.8 Å². The number of carbonyl (C=O) groups is 2. The molecule has 3 aromatic rings. The van der Waals surface area contributed by atoms with Gasteiger partial charge in [0.15, 0.2) is 5.78 Å². The largest absolute Gasteiger partial charge is 0.469 e. The number of aromatic nitrogens is 1. The summed E-state index contributed by atoms with van der Waals surface area (Å²) >= 11 is 0. The van der Waals surface area contributed by atoms with E-state index in [0.29, 0.717) is 29.7 Å². The van der Waals surface area contributed by atoms with Crippen molar-refractivity contribution >= 4 is 11.8 Å². The number of hydrogen-bond donors (Lipinski definition) is 1. The van der Waals surface area contributed by atoms with E-state index >= 15 is 0 Å². The van der Waals surface area contributed by atoms with Gasteiger partial charge in [0.05, 0.1) is 6.26 Å². The second kappa shape index (κ2) is 6.67. The number of esters is 1. The van der Waals surface area contributed by atoms with Crippen LogP contribution in [0.25, 0.3) is 0 Å². The first-order chi connectivity index (χ1) is 12.6. The lowest BCUT2D eigenvalue weighted by Crippen LogP contribution is -2.18. The molecule has 5 nitrogen and oxygen atoms in total. The van der Waals surface area contributed by atoms with Crippen molar-refractivity contribution in [1.82, 2.24) is 4.98 Å². The van der Waals surface area contributed by atoms with Gasteiger partial charge in [0, 0.05) is 23.6 Å². The fraction of sp³-hybridized carbons (Fsp3) is 0.238. The number of carbonyl (C=O) groups excluding carboxylic acids is 2. The van der Waals surface area contributed by atoms with Gasteiger partial charge in [0.1, 0.15) is 18.1 Å². The van der Waals surface area contributed by atoms with Crippen LogP contribution >= 0.6 is 0 Å². The minimum Gasteiger partial charge on any atom is -0.469 e. The summed E-state index contributed by atoms with van der Waals surface area (Å²) in [5.74, 6) is 0.382. The maximum atomic E-state index is 12.6. The summed E-state index contributed by atoms with van der Waals surface area (Å²) in [7, 11) is 0. The van der Waals surface area contributed by atoms with Crippen LogP contribution < -0.4 is 0 Å². The standard InChI is InChI=1S/C21H19NO4/c1-13-19-16(10-15(11-17(19)23)18-8-5-9-25-18)22-20(13)21(24)26-12-14-6-3-2-4-7-14/h2-9,15,22H,10-12H2,1H3/t15-/m0/s1. The highest BCUT2D eigenvalue weighted by Gasteiger charge is 2.33. The third kappa shape index (κ3) is 2.96. The maximum Gasteiger partial charge on any atom is 0.355 e. The molecule has 132 valence electrons. The first kappa shape index (κ1) is 16.4. The van der Waals surface area contributed by atoms with Gasteiger partial charge in [-0.1, -0.05) is 30.3 Å². The summed E-state index contributed by atoms with van der Waals surface area (Å²) in [5.41, 5.74) is 3.36. The average molecular weight is 349 g/mol. The van der Waals surface area contributed by atoms with Crippen molar-refractivity contribution in [3.8, 4) is 0 Å². The Morgan fingerprint density at radius 2 is 2.00 bits per heavy atom. The quantitative estimate of drug-likeness (QED) is 0.717. The van der Waals surface area contributed by atoms with Crippen molar-refractivity contribution in [3.05, 3.63) is 82.6 Å². The van der Waals surface area contributed by atoms with Crippen molar-refractivity contribution in [2.24, 2.45) is 0 Å². The van der Waals surface area contributed by atoms with Gasteiger partial charge in [0.25, 0.3) is 0 Å². The average Bonchev–Trinajstić information content (AvgIpc) is 3.29. The SMILES string of the molecule is Cc1c(C(=O)OCc2ccccc2)[nH]c2c1C(=O)C[C@@H](c1ccco1)C2. The Morgan fingerprint density at radius 1 is 1.19 bits per heavy atom. The van der Waals surface area contributed by atoms with Crippen molar-refractivity contribution in [1.29, 1.82) is 0 Å². The first-order valence-corrected chi connectivity index (χ1v) is 8.62. The first-order valence-electron chi connectivity index (χ1n) is 8.62. The van der Waals surface area contributed by atoms with Gasteiger partial charge in [-0.05, 0) is 36.6 Å². The van der Waals surface area contributed by atoms with Crippen LogP contribution in [0.4, 0.5) is 0 Å². The molecule has 0 amide bonds. The number of furan rings is 1. The zero-order chi connectivity index (χ0) is 18.1. The molecule has 4 rings (SSSR count). The van der Waals surface area contributed by atoms with E-state index in [1.54, 1.807) is 13.2 Å². The minimum absolute atomic E-state index is 0.00348. The predicted octanol–water partition coefficient (Wildman–Crippen LogP) is 4.19. The summed E-state index contributed by atoms with van der Waals surface area (Å²) in [6.07, 6.45) is 2.64. The van der Waals surface area contributed by atoms with Gasteiger partial charge in [-0.25, -0.2) is 4.79 Å². The highest BCUT2D eigenvalue weighted by molar-refractivity contribution is 6.03. The second-order valence-corrected chi connectivity index (χ2v) is 6.58. The number of hydrogen-bond acceptors (Lipinski definition) is 4.